The lowest BCUT2D eigenvalue weighted by atomic mass is 9.97. The number of rotatable bonds is 14. The minimum atomic E-state index is -0.634. The van der Waals surface area contributed by atoms with E-state index >= 15 is 0 Å². The second kappa shape index (κ2) is 15.1. The normalized spacial score (nSPS) is 20.8. The third kappa shape index (κ3) is 10.6. The molecule has 3 atom stereocenters. The summed E-state index contributed by atoms with van der Waals surface area (Å²) in [6.07, 6.45) is 3.59. The van der Waals surface area contributed by atoms with Crippen LogP contribution in [0.3, 0.4) is 0 Å². The number of esters is 1. The first-order valence-electron chi connectivity index (χ1n) is 14.1. The molecule has 11 heteroatoms. The molecule has 0 spiro atoms. The molecule has 0 radical (unpaired) electrons. The molecule has 0 aliphatic carbocycles. The highest BCUT2D eigenvalue weighted by Crippen LogP contribution is 2.28. The van der Waals surface area contributed by atoms with E-state index in [1.807, 2.05) is 25.1 Å². The van der Waals surface area contributed by atoms with Crippen molar-refractivity contribution in [2.24, 2.45) is 5.41 Å². The molecule has 1 aromatic carbocycles. The fourth-order valence-electron chi connectivity index (χ4n) is 4.36. The van der Waals surface area contributed by atoms with Gasteiger partial charge in [-0.05, 0) is 64.7 Å². The maximum Gasteiger partial charge on any atom is 0.311 e. The van der Waals surface area contributed by atoms with E-state index in [0.29, 0.717) is 50.3 Å². The molecule has 2 aliphatic heterocycles. The Morgan fingerprint density at radius 2 is 1.85 bits per heavy atom. The molecule has 0 aromatic heterocycles. The Labute approximate surface area is 241 Å². The molecule has 1 fully saturated rings. The molecule has 1 aromatic rings. The van der Waals surface area contributed by atoms with E-state index in [1.165, 1.54) is 12.2 Å². The highest BCUT2D eigenvalue weighted by atomic mass is 16.7. The standard InChI is InChI=1S/C30H42N2O9/c1-20-16-23(33)18-28(40-20)41-24-8-7-21(17-22(24)19-39-29(37)30(2,3)4)6-5-14-38-15-12-31-25(34)11-13-32-26(35)9-10-27(32)36/h7-10,17,20,23,28,33H,5-6,11-16,18-19H2,1-4H3,(H,31,34). The van der Waals surface area contributed by atoms with Crippen molar-refractivity contribution in [2.75, 3.05) is 26.3 Å². The van der Waals surface area contributed by atoms with Crippen LogP contribution >= 0.6 is 0 Å². The predicted molar refractivity (Wildman–Crippen MR) is 149 cm³/mol. The fourth-order valence-corrected chi connectivity index (χ4v) is 4.36. The number of carbonyl (C=O) groups excluding carboxylic acids is 4. The summed E-state index contributed by atoms with van der Waals surface area (Å²) >= 11 is 0. The molecule has 0 saturated carbocycles. The van der Waals surface area contributed by atoms with Crippen molar-refractivity contribution in [3.63, 3.8) is 0 Å². The Morgan fingerprint density at radius 1 is 1.12 bits per heavy atom. The maximum absolute atomic E-state index is 12.4. The second-order valence-corrected chi connectivity index (χ2v) is 11.4. The zero-order valence-electron chi connectivity index (χ0n) is 24.4. The molecule has 2 N–H and O–H groups in total. The van der Waals surface area contributed by atoms with Gasteiger partial charge in [-0.2, -0.15) is 0 Å². The first-order chi connectivity index (χ1) is 19.4. The number of aryl methyl sites for hydroxylation is 1. The van der Waals surface area contributed by atoms with Crippen LogP contribution in [-0.4, -0.2) is 78.5 Å². The molecule has 3 amide bonds. The van der Waals surface area contributed by atoms with Gasteiger partial charge in [0.1, 0.15) is 12.4 Å². The van der Waals surface area contributed by atoms with Gasteiger partial charge < -0.3 is 29.4 Å². The number of nitrogens with one attached hydrogen (secondary N) is 1. The third-order valence-electron chi connectivity index (χ3n) is 6.59. The number of benzene rings is 1. The molecule has 41 heavy (non-hydrogen) atoms. The smallest absolute Gasteiger partial charge is 0.311 e. The van der Waals surface area contributed by atoms with Crippen LogP contribution in [-0.2, 0) is 46.4 Å². The van der Waals surface area contributed by atoms with Crippen LogP contribution in [0.15, 0.2) is 30.4 Å². The van der Waals surface area contributed by atoms with Crippen molar-refractivity contribution < 1.29 is 43.2 Å². The topological polar surface area (TPSA) is 141 Å². The number of amides is 3. The van der Waals surface area contributed by atoms with Crippen LogP contribution in [0.25, 0.3) is 0 Å². The van der Waals surface area contributed by atoms with Crippen LogP contribution in [0.1, 0.15) is 64.5 Å². The second-order valence-electron chi connectivity index (χ2n) is 11.4. The fraction of sp³-hybridized carbons (Fsp3) is 0.600. The SMILES string of the molecule is CC1CC(O)CC(Oc2ccc(CCCOCCNC(=O)CCN3C(=O)C=CC3=O)cc2COC(=O)C(C)(C)C)O1. The molecule has 226 valence electrons. The summed E-state index contributed by atoms with van der Waals surface area (Å²) in [4.78, 5) is 48.4. The molecule has 3 unspecified atom stereocenters. The highest BCUT2D eigenvalue weighted by molar-refractivity contribution is 6.13. The Balaban J connectivity index is 1.42. The molecule has 1 saturated heterocycles. The van der Waals surface area contributed by atoms with E-state index in [0.717, 1.165) is 16.9 Å². The van der Waals surface area contributed by atoms with Crippen LogP contribution in [0.2, 0.25) is 0 Å². The number of hydrogen-bond donors (Lipinski definition) is 2. The summed E-state index contributed by atoms with van der Waals surface area (Å²) < 4.78 is 23.1. The minimum absolute atomic E-state index is 0.0404. The van der Waals surface area contributed by atoms with Gasteiger partial charge in [0.05, 0.1) is 24.2 Å². The lowest BCUT2D eigenvalue weighted by molar-refractivity contribution is -0.170. The predicted octanol–water partition coefficient (Wildman–Crippen LogP) is 2.42. The van der Waals surface area contributed by atoms with E-state index in [4.69, 9.17) is 18.9 Å². The Bertz CT molecular complexity index is 1080. The lowest BCUT2D eigenvalue weighted by Crippen LogP contribution is -2.37. The first kappa shape index (κ1) is 32.2. The summed E-state index contributed by atoms with van der Waals surface area (Å²) in [5.74, 6) is -0.838. The van der Waals surface area contributed by atoms with Crippen LogP contribution in [0.5, 0.6) is 5.75 Å². The maximum atomic E-state index is 12.4. The first-order valence-corrected chi connectivity index (χ1v) is 14.1. The van der Waals surface area contributed by atoms with Crippen LogP contribution < -0.4 is 10.1 Å². The number of hydrogen-bond acceptors (Lipinski definition) is 9. The van der Waals surface area contributed by atoms with Crippen molar-refractivity contribution in [1.29, 1.82) is 0 Å². The molecule has 2 heterocycles. The summed E-state index contributed by atoms with van der Waals surface area (Å²) in [5, 5.41) is 12.8. The number of nitrogens with zero attached hydrogens (tertiary/aromatic N) is 1. The van der Waals surface area contributed by atoms with E-state index < -0.39 is 29.6 Å². The molecule has 2 aliphatic rings. The Morgan fingerprint density at radius 3 is 2.54 bits per heavy atom. The average molecular weight is 575 g/mol. The largest absolute Gasteiger partial charge is 0.464 e. The number of aliphatic hydroxyl groups excluding tert-OH is 1. The van der Waals surface area contributed by atoms with Crippen molar-refractivity contribution in [2.45, 2.75) is 84.9 Å². The van der Waals surface area contributed by atoms with Gasteiger partial charge in [-0.1, -0.05) is 6.07 Å². The Kier molecular flexibility index (Phi) is 11.9. The zero-order chi connectivity index (χ0) is 30.0. The monoisotopic (exact) mass is 574 g/mol. The van der Waals surface area contributed by atoms with Crippen LogP contribution in [0.4, 0.5) is 0 Å². The third-order valence-corrected chi connectivity index (χ3v) is 6.59. The highest BCUT2D eigenvalue weighted by Gasteiger charge is 2.28. The average Bonchev–Trinajstić information content (AvgIpc) is 3.22. The van der Waals surface area contributed by atoms with Gasteiger partial charge in [-0.15, -0.1) is 0 Å². The molecule has 0 bridgehead atoms. The van der Waals surface area contributed by atoms with Crippen molar-refractivity contribution in [3.05, 3.63) is 41.5 Å². The van der Waals surface area contributed by atoms with Gasteiger partial charge in [-0.3, -0.25) is 24.1 Å². The van der Waals surface area contributed by atoms with Crippen LogP contribution in [0, 0.1) is 5.41 Å². The number of ether oxygens (including phenoxy) is 4. The summed E-state index contributed by atoms with van der Waals surface area (Å²) in [6.45, 7) is 8.52. The van der Waals surface area contributed by atoms with Gasteiger partial charge >= 0.3 is 5.97 Å². The van der Waals surface area contributed by atoms with E-state index in [2.05, 4.69) is 5.32 Å². The summed E-state index contributed by atoms with van der Waals surface area (Å²) in [5.41, 5.74) is 1.10. The van der Waals surface area contributed by atoms with E-state index in [1.54, 1.807) is 20.8 Å². The number of imide groups is 1. The molecule has 3 rings (SSSR count). The molecule has 11 nitrogen and oxygen atoms in total. The summed E-state index contributed by atoms with van der Waals surface area (Å²) in [7, 11) is 0. The van der Waals surface area contributed by atoms with Gasteiger partial charge in [0.15, 0.2) is 0 Å². The van der Waals surface area contributed by atoms with Gasteiger partial charge in [0.25, 0.3) is 11.8 Å². The van der Waals surface area contributed by atoms with Gasteiger partial charge in [0, 0.05) is 50.3 Å². The van der Waals surface area contributed by atoms with Gasteiger partial charge in [-0.25, -0.2) is 0 Å². The minimum Gasteiger partial charge on any atom is -0.464 e. The number of carbonyl (C=O) groups is 4. The quantitative estimate of drug-likeness (QED) is 0.195. The number of aliphatic hydroxyl groups is 1. The van der Waals surface area contributed by atoms with Gasteiger partial charge in [0.2, 0.25) is 12.2 Å². The van der Waals surface area contributed by atoms with Crippen molar-refractivity contribution in [3.8, 4) is 5.75 Å². The molecular weight excluding hydrogens is 532 g/mol. The van der Waals surface area contributed by atoms with Crippen molar-refractivity contribution >= 4 is 23.7 Å². The summed E-state index contributed by atoms with van der Waals surface area (Å²) in [6, 6.07) is 5.72. The Hall–Kier alpha value is -3.28. The van der Waals surface area contributed by atoms with Crippen molar-refractivity contribution in [1.82, 2.24) is 10.2 Å². The zero-order valence-corrected chi connectivity index (χ0v) is 24.4. The van der Waals surface area contributed by atoms with E-state index in [-0.39, 0.29) is 37.6 Å². The lowest BCUT2D eigenvalue weighted by Gasteiger charge is -2.32. The molecular formula is C30H42N2O9. The van der Waals surface area contributed by atoms with E-state index in [9.17, 15) is 24.3 Å².